The Hall–Kier alpha value is -1.54. The number of carbonyl (C=O) groups excluding carboxylic acids is 1. The van der Waals surface area contributed by atoms with Crippen LogP contribution in [0.25, 0.3) is 0 Å². The molecule has 0 saturated heterocycles. The number of nitrogens with zero attached hydrogens (tertiary/aromatic N) is 1. The normalized spacial score (nSPS) is 10.4. The van der Waals surface area contributed by atoms with Gasteiger partial charge in [0.15, 0.2) is 5.78 Å². The summed E-state index contributed by atoms with van der Waals surface area (Å²) >= 11 is 1.27. The van der Waals surface area contributed by atoms with Crippen molar-refractivity contribution in [1.82, 2.24) is 0 Å². The second-order valence-electron chi connectivity index (χ2n) is 4.68. The van der Waals surface area contributed by atoms with E-state index >= 15 is 0 Å². The molecule has 1 aromatic rings. The molecular formula is C13H19N3OS. The van der Waals surface area contributed by atoms with Gasteiger partial charge in [0.2, 0.25) is 0 Å². The maximum Gasteiger partial charge on any atom is 0.171 e. The Morgan fingerprint density at radius 3 is 2.72 bits per heavy atom. The summed E-state index contributed by atoms with van der Waals surface area (Å²) in [5.74, 6) is 0.577. The van der Waals surface area contributed by atoms with Crippen molar-refractivity contribution in [3.8, 4) is 6.07 Å². The van der Waals surface area contributed by atoms with Crippen LogP contribution in [-0.2, 0) is 0 Å². The first-order valence-corrected chi connectivity index (χ1v) is 6.86. The van der Waals surface area contributed by atoms with E-state index in [0.717, 1.165) is 19.4 Å². The molecule has 0 bridgehead atoms. The molecule has 3 N–H and O–H groups in total. The van der Waals surface area contributed by atoms with E-state index in [0.29, 0.717) is 27.0 Å². The molecule has 0 atom stereocenters. The summed E-state index contributed by atoms with van der Waals surface area (Å²) in [6.07, 6.45) is 2.17. The predicted octanol–water partition coefficient (Wildman–Crippen LogP) is 3.25. The average molecular weight is 265 g/mol. The van der Waals surface area contributed by atoms with Gasteiger partial charge in [-0.3, -0.25) is 4.79 Å². The highest BCUT2D eigenvalue weighted by Gasteiger charge is 2.18. The largest absolute Gasteiger partial charge is 0.396 e. The standard InChI is InChI=1S/C13H19N3OS/c1-8(2)5-4-6-16-13-10(7-14)11(15)12(18-13)9(3)17/h8,16H,4-6,15H2,1-3H3. The Bertz CT molecular complexity index is 471. The number of nitriles is 1. The third-order valence-corrected chi connectivity index (χ3v) is 3.88. The molecule has 0 unspecified atom stereocenters. The van der Waals surface area contributed by atoms with E-state index < -0.39 is 0 Å². The lowest BCUT2D eigenvalue weighted by molar-refractivity contribution is 0.102. The lowest BCUT2D eigenvalue weighted by atomic mass is 10.1. The van der Waals surface area contributed by atoms with Crippen molar-refractivity contribution in [1.29, 1.82) is 5.26 Å². The molecule has 0 aromatic carbocycles. The van der Waals surface area contributed by atoms with Gasteiger partial charge in [-0.05, 0) is 18.8 Å². The van der Waals surface area contributed by atoms with Crippen LogP contribution in [0.5, 0.6) is 0 Å². The number of hydrogen-bond donors (Lipinski definition) is 2. The van der Waals surface area contributed by atoms with E-state index in [1.165, 1.54) is 18.3 Å². The fourth-order valence-electron chi connectivity index (χ4n) is 1.65. The molecule has 0 radical (unpaired) electrons. The first kappa shape index (κ1) is 14.5. The lowest BCUT2D eigenvalue weighted by Gasteiger charge is -2.06. The summed E-state index contributed by atoms with van der Waals surface area (Å²) in [7, 11) is 0. The van der Waals surface area contributed by atoms with E-state index in [1.54, 1.807) is 0 Å². The van der Waals surface area contributed by atoms with Crippen LogP contribution in [0.1, 0.15) is 48.8 Å². The van der Waals surface area contributed by atoms with Gasteiger partial charge in [0.1, 0.15) is 16.6 Å². The van der Waals surface area contributed by atoms with Gasteiger partial charge >= 0.3 is 0 Å². The third kappa shape index (κ3) is 3.47. The van der Waals surface area contributed by atoms with Crippen molar-refractivity contribution in [2.24, 2.45) is 5.92 Å². The summed E-state index contributed by atoms with van der Waals surface area (Å²) in [4.78, 5) is 11.8. The number of carbonyl (C=O) groups is 1. The molecule has 1 rings (SSSR count). The van der Waals surface area contributed by atoms with Crippen LogP contribution < -0.4 is 11.1 Å². The summed E-state index contributed by atoms with van der Waals surface area (Å²) in [5.41, 5.74) is 6.50. The monoisotopic (exact) mass is 265 g/mol. The molecule has 0 aliphatic carbocycles. The maximum atomic E-state index is 11.4. The predicted molar refractivity (Wildman–Crippen MR) is 76.0 cm³/mol. The van der Waals surface area contributed by atoms with E-state index in [9.17, 15) is 4.79 Å². The van der Waals surface area contributed by atoms with Gasteiger partial charge in [-0.25, -0.2) is 0 Å². The average Bonchev–Trinajstić information content (AvgIpc) is 2.61. The molecule has 4 nitrogen and oxygen atoms in total. The Kier molecular flexibility index (Phi) is 5.17. The quantitative estimate of drug-likeness (QED) is 0.611. The van der Waals surface area contributed by atoms with Crippen molar-refractivity contribution in [2.45, 2.75) is 33.6 Å². The second-order valence-corrected chi connectivity index (χ2v) is 5.70. The van der Waals surface area contributed by atoms with Crippen molar-refractivity contribution < 1.29 is 4.79 Å². The molecule has 0 aliphatic heterocycles. The SMILES string of the molecule is CC(=O)c1sc(NCCCC(C)C)c(C#N)c1N. The number of Topliss-reactive ketones (excluding diaryl/α,β-unsaturated/α-hetero) is 1. The number of thiophene rings is 1. The van der Waals surface area contributed by atoms with Crippen LogP contribution in [0, 0.1) is 17.2 Å². The van der Waals surface area contributed by atoms with Crippen molar-refractivity contribution in [3.63, 3.8) is 0 Å². The van der Waals surface area contributed by atoms with Crippen LogP contribution in [0.4, 0.5) is 10.7 Å². The third-order valence-electron chi connectivity index (χ3n) is 2.62. The van der Waals surface area contributed by atoms with Gasteiger partial charge < -0.3 is 11.1 Å². The molecule has 0 saturated carbocycles. The minimum Gasteiger partial charge on any atom is -0.396 e. The summed E-state index contributed by atoms with van der Waals surface area (Å²) in [6, 6.07) is 2.06. The molecule has 1 aromatic heterocycles. The molecule has 18 heavy (non-hydrogen) atoms. The van der Waals surface area contributed by atoms with Crippen LogP contribution >= 0.6 is 11.3 Å². The minimum atomic E-state index is -0.0933. The number of rotatable bonds is 6. The Morgan fingerprint density at radius 1 is 1.56 bits per heavy atom. The van der Waals surface area contributed by atoms with E-state index in [2.05, 4.69) is 25.2 Å². The summed E-state index contributed by atoms with van der Waals surface area (Å²) in [6.45, 7) is 6.62. The lowest BCUT2D eigenvalue weighted by Crippen LogP contribution is -2.03. The number of hydrogen-bond acceptors (Lipinski definition) is 5. The van der Waals surface area contributed by atoms with Gasteiger partial charge in [-0.1, -0.05) is 13.8 Å². The second kappa shape index (κ2) is 6.41. The molecule has 0 aliphatic rings. The number of nitrogens with two attached hydrogens (primary N) is 1. The van der Waals surface area contributed by atoms with Crippen LogP contribution in [0.2, 0.25) is 0 Å². The summed E-state index contributed by atoms with van der Waals surface area (Å²) in [5, 5.41) is 13.0. The van der Waals surface area contributed by atoms with E-state index in [-0.39, 0.29) is 5.78 Å². The highest BCUT2D eigenvalue weighted by atomic mass is 32.1. The van der Waals surface area contributed by atoms with Gasteiger partial charge in [-0.15, -0.1) is 11.3 Å². The number of nitrogens with one attached hydrogen (secondary N) is 1. The van der Waals surface area contributed by atoms with Crippen molar-refractivity contribution in [3.05, 3.63) is 10.4 Å². The summed E-state index contributed by atoms with van der Waals surface area (Å²) < 4.78 is 0. The smallest absolute Gasteiger partial charge is 0.171 e. The zero-order chi connectivity index (χ0) is 13.7. The Labute approximate surface area is 112 Å². The first-order valence-electron chi connectivity index (χ1n) is 6.04. The fraction of sp³-hybridized carbons (Fsp3) is 0.538. The van der Waals surface area contributed by atoms with Crippen LogP contribution in [0.3, 0.4) is 0 Å². The highest BCUT2D eigenvalue weighted by Crippen LogP contribution is 2.35. The molecule has 0 spiro atoms. The molecule has 1 heterocycles. The van der Waals surface area contributed by atoms with Crippen LogP contribution in [0.15, 0.2) is 0 Å². The topological polar surface area (TPSA) is 78.9 Å². The zero-order valence-corrected chi connectivity index (χ0v) is 11.9. The van der Waals surface area contributed by atoms with Crippen molar-refractivity contribution >= 4 is 27.8 Å². The van der Waals surface area contributed by atoms with Gasteiger partial charge in [0.05, 0.1) is 10.6 Å². The highest BCUT2D eigenvalue weighted by molar-refractivity contribution is 7.18. The van der Waals surface area contributed by atoms with Gasteiger partial charge in [0.25, 0.3) is 0 Å². The molecule has 98 valence electrons. The van der Waals surface area contributed by atoms with Gasteiger partial charge in [0, 0.05) is 13.5 Å². The minimum absolute atomic E-state index is 0.0933. The van der Waals surface area contributed by atoms with E-state index in [4.69, 9.17) is 11.0 Å². The molecule has 5 heteroatoms. The molecule has 0 amide bonds. The fourth-order valence-corrected chi connectivity index (χ4v) is 2.64. The van der Waals surface area contributed by atoms with Crippen molar-refractivity contribution in [2.75, 3.05) is 17.6 Å². The van der Waals surface area contributed by atoms with E-state index in [1.807, 2.05) is 0 Å². The number of ketones is 1. The number of nitrogen functional groups attached to an aromatic ring is 1. The first-order chi connectivity index (χ1) is 8.47. The molecule has 0 fully saturated rings. The zero-order valence-electron chi connectivity index (χ0n) is 11.0. The van der Waals surface area contributed by atoms with Crippen LogP contribution in [-0.4, -0.2) is 12.3 Å². The maximum absolute atomic E-state index is 11.4. The Balaban J connectivity index is 2.74. The number of anilines is 2. The van der Waals surface area contributed by atoms with Gasteiger partial charge in [-0.2, -0.15) is 5.26 Å². The molecular weight excluding hydrogens is 246 g/mol. The Morgan fingerprint density at radius 2 is 2.22 bits per heavy atom.